The van der Waals surface area contributed by atoms with Crippen LogP contribution in [0.5, 0.6) is 0 Å². The number of pyridine rings is 1. The molecule has 0 spiro atoms. The van der Waals surface area contributed by atoms with E-state index in [-0.39, 0.29) is 0 Å². The molecule has 1 aliphatic carbocycles. The number of hydrogen-bond acceptors (Lipinski definition) is 3. The van der Waals surface area contributed by atoms with Crippen molar-refractivity contribution in [1.29, 1.82) is 0 Å². The second kappa shape index (κ2) is 7.37. The number of nitrogens with zero attached hydrogens (tertiary/aromatic N) is 1. The van der Waals surface area contributed by atoms with Crippen LogP contribution in [0.25, 0.3) is 0 Å². The van der Waals surface area contributed by atoms with Crippen LogP contribution in [-0.4, -0.2) is 30.3 Å². The van der Waals surface area contributed by atoms with Gasteiger partial charge in [0, 0.05) is 30.5 Å². The smallest absolute Gasteiger partial charge is 0.0575 e. The molecule has 0 aromatic carbocycles. The van der Waals surface area contributed by atoms with Gasteiger partial charge in [-0.15, -0.1) is 0 Å². The highest BCUT2D eigenvalue weighted by Gasteiger charge is 2.30. The van der Waals surface area contributed by atoms with Crippen LogP contribution in [0.4, 0.5) is 0 Å². The van der Waals surface area contributed by atoms with Crippen molar-refractivity contribution in [2.24, 2.45) is 0 Å². The summed E-state index contributed by atoms with van der Waals surface area (Å²) in [4.78, 5) is 4.67. The highest BCUT2D eigenvalue weighted by molar-refractivity contribution is 5.29. The Morgan fingerprint density at radius 3 is 3.14 bits per heavy atom. The molecule has 3 heteroatoms. The summed E-state index contributed by atoms with van der Waals surface area (Å²) in [7, 11) is 0. The minimum atomic E-state index is 0.490. The van der Waals surface area contributed by atoms with Crippen molar-refractivity contribution >= 4 is 0 Å². The van der Waals surface area contributed by atoms with E-state index in [1.54, 1.807) is 0 Å². The zero-order valence-electron chi connectivity index (χ0n) is 13.2. The Morgan fingerprint density at radius 1 is 1.38 bits per heavy atom. The van der Waals surface area contributed by atoms with Gasteiger partial charge in [0.2, 0.25) is 0 Å². The van der Waals surface area contributed by atoms with Gasteiger partial charge in [0.15, 0.2) is 0 Å². The first-order chi connectivity index (χ1) is 10.4. The van der Waals surface area contributed by atoms with Crippen molar-refractivity contribution in [3.05, 3.63) is 29.6 Å². The number of rotatable bonds is 6. The maximum Gasteiger partial charge on any atom is 0.0575 e. The van der Waals surface area contributed by atoms with Crippen LogP contribution in [-0.2, 0) is 11.2 Å². The van der Waals surface area contributed by atoms with E-state index in [1.165, 1.54) is 56.2 Å². The molecule has 1 aliphatic heterocycles. The monoisotopic (exact) mass is 288 g/mol. The van der Waals surface area contributed by atoms with Crippen molar-refractivity contribution in [3.8, 4) is 0 Å². The van der Waals surface area contributed by atoms with Crippen molar-refractivity contribution in [3.63, 3.8) is 0 Å². The first-order valence-corrected chi connectivity index (χ1v) is 8.67. The number of fused-ring (bicyclic) bond motifs is 1. The fraction of sp³-hybridized carbons (Fsp3) is 0.722. The molecule has 3 nitrogen and oxygen atoms in total. The second-order valence-corrected chi connectivity index (χ2v) is 6.42. The zero-order chi connectivity index (χ0) is 14.5. The second-order valence-electron chi connectivity index (χ2n) is 6.42. The van der Waals surface area contributed by atoms with Gasteiger partial charge in [0.1, 0.15) is 0 Å². The van der Waals surface area contributed by atoms with E-state index in [2.05, 4.69) is 29.4 Å². The average Bonchev–Trinajstić information content (AvgIpc) is 2.96. The number of aryl methyl sites for hydroxylation is 1. The van der Waals surface area contributed by atoms with Crippen molar-refractivity contribution in [2.75, 3.05) is 13.2 Å². The number of aromatic nitrogens is 1. The van der Waals surface area contributed by atoms with E-state index >= 15 is 0 Å². The third-order valence-corrected chi connectivity index (χ3v) is 5.03. The lowest BCUT2D eigenvalue weighted by Gasteiger charge is -2.28. The van der Waals surface area contributed by atoms with E-state index in [4.69, 9.17) is 4.74 Å². The molecular formula is C18H28N2O. The summed E-state index contributed by atoms with van der Waals surface area (Å²) in [6.07, 6.45) is 11.1. The molecule has 0 bridgehead atoms. The fourth-order valence-electron chi connectivity index (χ4n) is 3.94. The van der Waals surface area contributed by atoms with E-state index in [9.17, 15) is 0 Å². The van der Waals surface area contributed by atoms with Crippen molar-refractivity contribution in [1.82, 2.24) is 10.3 Å². The molecule has 116 valence electrons. The molecule has 1 fully saturated rings. The summed E-state index contributed by atoms with van der Waals surface area (Å²) in [6, 6.07) is 4.87. The number of ether oxygens (including phenoxy) is 1. The van der Waals surface area contributed by atoms with Gasteiger partial charge in [-0.2, -0.15) is 0 Å². The Bertz CT molecular complexity index is 443. The lowest BCUT2D eigenvalue weighted by atomic mass is 9.91. The van der Waals surface area contributed by atoms with Crippen molar-refractivity contribution in [2.45, 2.75) is 69.9 Å². The predicted octanol–water partition coefficient (Wildman–Crippen LogP) is 3.44. The van der Waals surface area contributed by atoms with Crippen LogP contribution in [0, 0.1) is 0 Å². The van der Waals surface area contributed by atoms with E-state index in [0.29, 0.717) is 18.1 Å². The van der Waals surface area contributed by atoms with Gasteiger partial charge >= 0.3 is 0 Å². The molecule has 3 unspecified atom stereocenters. The molecule has 21 heavy (non-hydrogen) atoms. The molecule has 3 rings (SSSR count). The maximum atomic E-state index is 5.90. The fourth-order valence-corrected chi connectivity index (χ4v) is 3.94. The third-order valence-electron chi connectivity index (χ3n) is 5.03. The Hall–Kier alpha value is -0.930. The normalized spacial score (nSPS) is 26.5. The minimum absolute atomic E-state index is 0.490. The standard InChI is InChI=1S/C18H28N2O/c1-2-19-17(11-9-15-7-3-4-13-21-15)16-10-8-14-6-5-12-20-18(14)16/h5-6,12,15-17,19H,2-4,7-11,13H2,1H3. The minimum Gasteiger partial charge on any atom is -0.378 e. The molecule has 1 aromatic rings. The summed E-state index contributed by atoms with van der Waals surface area (Å²) in [5.74, 6) is 0.588. The van der Waals surface area contributed by atoms with Crippen LogP contribution in [0.2, 0.25) is 0 Å². The van der Waals surface area contributed by atoms with E-state index in [0.717, 1.165) is 13.2 Å². The summed E-state index contributed by atoms with van der Waals surface area (Å²) < 4.78 is 5.90. The number of likely N-dealkylation sites (N-methyl/N-ethyl adjacent to an activating group) is 1. The van der Waals surface area contributed by atoms with Crippen LogP contribution in [0.3, 0.4) is 0 Å². The van der Waals surface area contributed by atoms with E-state index < -0.39 is 0 Å². The van der Waals surface area contributed by atoms with Gasteiger partial charge in [-0.25, -0.2) is 0 Å². The molecule has 0 saturated carbocycles. The predicted molar refractivity (Wildman–Crippen MR) is 85.6 cm³/mol. The van der Waals surface area contributed by atoms with Gasteiger partial charge in [0.25, 0.3) is 0 Å². The molecule has 2 heterocycles. The highest BCUT2D eigenvalue weighted by Crippen LogP contribution is 2.35. The molecule has 2 aliphatic rings. The molecule has 3 atom stereocenters. The summed E-state index contributed by atoms with van der Waals surface area (Å²) >= 11 is 0. The molecule has 0 amide bonds. The molecule has 1 saturated heterocycles. The van der Waals surface area contributed by atoms with Crippen molar-refractivity contribution < 1.29 is 4.74 Å². The molecule has 0 radical (unpaired) electrons. The van der Waals surface area contributed by atoms with E-state index in [1.807, 2.05) is 6.20 Å². The quantitative estimate of drug-likeness (QED) is 0.870. The first kappa shape index (κ1) is 15.0. The first-order valence-electron chi connectivity index (χ1n) is 8.67. The van der Waals surface area contributed by atoms with Crippen LogP contribution >= 0.6 is 0 Å². The Balaban J connectivity index is 1.61. The van der Waals surface area contributed by atoms with Gasteiger partial charge in [-0.05, 0) is 63.1 Å². The lowest BCUT2D eigenvalue weighted by molar-refractivity contribution is 0.00812. The average molecular weight is 288 g/mol. The SMILES string of the molecule is CCNC(CCC1CCCCO1)C1CCc2cccnc21. The summed E-state index contributed by atoms with van der Waals surface area (Å²) in [5, 5.41) is 3.71. The summed E-state index contributed by atoms with van der Waals surface area (Å²) in [5.41, 5.74) is 2.80. The van der Waals surface area contributed by atoms with Gasteiger partial charge < -0.3 is 10.1 Å². The largest absolute Gasteiger partial charge is 0.378 e. The molecule has 1 aromatic heterocycles. The Morgan fingerprint density at radius 2 is 2.33 bits per heavy atom. The van der Waals surface area contributed by atoms with Gasteiger partial charge in [-0.1, -0.05) is 13.0 Å². The lowest BCUT2D eigenvalue weighted by Crippen LogP contribution is -2.35. The maximum absolute atomic E-state index is 5.90. The number of hydrogen-bond donors (Lipinski definition) is 1. The summed E-state index contributed by atoms with van der Waals surface area (Å²) in [6.45, 7) is 4.21. The van der Waals surface area contributed by atoms with Gasteiger partial charge in [-0.3, -0.25) is 4.98 Å². The molecule has 1 N–H and O–H groups in total. The highest BCUT2D eigenvalue weighted by atomic mass is 16.5. The number of nitrogens with one attached hydrogen (secondary N) is 1. The zero-order valence-corrected chi connectivity index (χ0v) is 13.2. The van der Waals surface area contributed by atoms with Gasteiger partial charge in [0.05, 0.1) is 6.10 Å². The van der Waals surface area contributed by atoms with Crippen LogP contribution in [0.1, 0.15) is 62.6 Å². The van der Waals surface area contributed by atoms with Crippen LogP contribution in [0.15, 0.2) is 18.3 Å². The molecular weight excluding hydrogens is 260 g/mol. The third kappa shape index (κ3) is 3.64. The Labute approximate surface area is 128 Å². The van der Waals surface area contributed by atoms with Crippen LogP contribution < -0.4 is 5.32 Å². The topological polar surface area (TPSA) is 34.1 Å². The Kier molecular flexibility index (Phi) is 5.26.